The molecule has 1 aromatic carbocycles. The van der Waals surface area contributed by atoms with E-state index in [0.717, 1.165) is 62.1 Å². The summed E-state index contributed by atoms with van der Waals surface area (Å²) in [6.07, 6.45) is 8.35. The summed E-state index contributed by atoms with van der Waals surface area (Å²) in [5.41, 5.74) is 8.40. The molecule has 0 bridgehead atoms. The number of piperidine rings is 1. The lowest BCUT2D eigenvalue weighted by molar-refractivity contribution is -0.553. The van der Waals surface area contributed by atoms with E-state index in [4.69, 9.17) is 27.4 Å². The number of hydrazone groups is 1. The number of carbonyl (C=O) groups excluding carboxylic acids is 1. The van der Waals surface area contributed by atoms with Gasteiger partial charge in [-0.05, 0) is 56.9 Å². The number of fused-ring (bicyclic) bond motifs is 1. The quantitative estimate of drug-likeness (QED) is 0.573. The fourth-order valence-electron chi connectivity index (χ4n) is 5.20. The van der Waals surface area contributed by atoms with E-state index in [2.05, 4.69) is 15.7 Å². The number of carbonyl (C=O) groups is 1. The number of halogens is 1. The number of nitrogens with zero attached hydrogens (tertiary/aromatic N) is 5. The molecule has 1 aromatic rings. The van der Waals surface area contributed by atoms with Crippen molar-refractivity contribution in [3.05, 3.63) is 40.4 Å². The second-order valence-electron chi connectivity index (χ2n) is 9.85. The van der Waals surface area contributed by atoms with E-state index in [1.807, 2.05) is 17.8 Å². The topological polar surface area (TPSA) is 123 Å². The summed E-state index contributed by atoms with van der Waals surface area (Å²) < 4.78 is 28.1. The van der Waals surface area contributed by atoms with E-state index >= 15 is 0 Å². The lowest BCUT2D eigenvalue weighted by atomic mass is 9.97. The van der Waals surface area contributed by atoms with Gasteiger partial charge in [-0.15, -0.1) is 0 Å². The summed E-state index contributed by atoms with van der Waals surface area (Å²) in [6.45, 7) is 4.25. The van der Waals surface area contributed by atoms with Gasteiger partial charge in [0, 0.05) is 41.4 Å². The van der Waals surface area contributed by atoms with Crippen molar-refractivity contribution in [2.75, 3.05) is 30.6 Å². The van der Waals surface area contributed by atoms with E-state index in [1.165, 1.54) is 12.1 Å². The zero-order valence-corrected chi connectivity index (χ0v) is 22.0. The number of rotatable bonds is 4. The molecule has 0 spiro atoms. The standard InChI is InChI=1S/C24H30ClN7O3S/c1-15-11-22(30-10-8-17(26)13-30)28-32-14-20(27-23(15)32)21-5-3-4-9-31(21)24(33)18-12-16(25)6-7-19(18)29-36(2,34)35/h6-7,11-12,14,17,21,23H,3-5,8-10,13,26H2,1-2H3/p+1/t17-,21-,23?/m0/s1. The number of amidine groups is 1. The fourth-order valence-corrected chi connectivity index (χ4v) is 5.95. The Morgan fingerprint density at radius 1 is 1.25 bits per heavy atom. The zero-order chi connectivity index (χ0) is 25.6. The van der Waals surface area contributed by atoms with Crippen molar-refractivity contribution < 1.29 is 17.9 Å². The van der Waals surface area contributed by atoms with Gasteiger partial charge in [0.15, 0.2) is 5.84 Å². The maximum absolute atomic E-state index is 13.8. The van der Waals surface area contributed by atoms with E-state index in [0.29, 0.717) is 11.6 Å². The molecule has 2 saturated heterocycles. The van der Waals surface area contributed by atoms with Crippen molar-refractivity contribution in [3.63, 3.8) is 0 Å². The van der Waals surface area contributed by atoms with Crippen LogP contribution in [0.2, 0.25) is 5.02 Å². The van der Waals surface area contributed by atoms with Crippen LogP contribution in [0.25, 0.3) is 0 Å². The minimum absolute atomic E-state index is 0.156. The van der Waals surface area contributed by atoms with Crippen LogP contribution in [0.1, 0.15) is 43.0 Å². The second-order valence-corrected chi connectivity index (χ2v) is 12.0. The number of anilines is 1. The van der Waals surface area contributed by atoms with Crippen LogP contribution >= 0.6 is 11.6 Å². The molecule has 4 aliphatic heterocycles. The van der Waals surface area contributed by atoms with Gasteiger partial charge in [0.2, 0.25) is 16.2 Å². The van der Waals surface area contributed by atoms with Gasteiger partial charge >= 0.3 is 0 Å². The van der Waals surface area contributed by atoms with Crippen molar-refractivity contribution in [1.82, 2.24) is 9.80 Å². The monoisotopic (exact) mass is 532 g/mol. The number of aliphatic imine (C=N–C) groups is 1. The maximum Gasteiger partial charge on any atom is 0.299 e. The van der Waals surface area contributed by atoms with Gasteiger partial charge in [0.05, 0.1) is 23.5 Å². The third kappa shape index (κ3) is 5.05. The van der Waals surface area contributed by atoms with Gasteiger partial charge in [0.25, 0.3) is 12.1 Å². The lowest BCUT2D eigenvalue weighted by Gasteiger charge is -2.35. The Hall–Kier alpha value is -2.76. The van der Waals surface area contributed by atoms with Crippen LogP contribution in [0.15, 0.2) is 39.9 Å². The van der Waals surface area contributed by atoms with Crippen molar-refractivity contribution >= 4 is 51.0 Å². The highest BCUT2D eigenvalue weighted by molar-refractivity contribution is 7.92. The molecule has 3 N–H and O–H groups in total. The van der Waals surface area contributed by atoms with E-state index in [1.54, 1.807) is 11.0 Å². The number of sulfonamides is 1. The molecular weight excluding hydrogens is 502 g/mol. The molecule has 12 heteroatoms. The highest BCUT2D eigenvalue weighted by atomic mass is 35.5. The molecule has 10 nitrogen and oxygen atoms in total. The predicted molar refractivity (Wildman–Crippen MR) is 141 cm³/mol. The van der Waals surface area contributed by atoms with E-state index in [9.17, 15) is 13.2 Å². The Balaban J connectivity index is 1.44. The zero-order valence-electron chi connectivity index (χ0n) is 20.4. The summed E-state index contributed by atoms with van der Waals surface area (Å²) >= 11 is 6.19. The van der Waals surface area contributed by atoms with Crippen LogP contribution in [-0.2, 0) is 10.0 Å². The first-order valence-corrected chi connectivity index (χ1v) is 14.4. The maximum atomic E-state index is 13.8. The summed E-state index contributed by atoms with van der Waals surface area (Å²) in [5.74, 6) is 0.605. The molecule has 4 aliphatic rings. The number of benzene rings is 1. The molecule has 4 heterocycles. The Labute approximate surface area is 216 Å². The normalized spacial score (nSPS) is 26.2. The van der Waals surface area contributed by atoms with Gasteiger partial charge in [0.1, 0.15) is 5.71 Å². The first-order valence-electron chi connectivity index (χ1n) is 12.2. The van der Waals surface area contributed by atoms with Gasteiger partial charge < -0.3 is 15.5 Å². The minimum Gasteiger partial charge on any atom is -0.350 e. The molecule has 0 saturated carbocycles. The Kier molecular flexibility index (Phi) is 6.65. The van der Waals surface area contributed by atoms with Gasteiger partial charge in [-0.25, -0.2) is 13.4 Å². The van der Waals surface area contributed by atoms with Crippen molar-refractivity contribution in [2.45, 2.75) is 50.9 Å². The van der Waals surface area contributed by atoms with Crippen LogP contribution < -0.4 is 10.5 Å². The molecule has 3 atom stereocenters. The highest BCUT2D eigenvalue weighted by Crippen LogP contribution is 2.29. The summed E-state index contributed by atoms with van der Waals surface area (Å²) in [6, 6.07) is 4.50. The van der Waals surface area contributed by atoms with Crippen LogP contribution in [-0.4, -0.2) is 90.7 Å². The lowest BCUT2D eigenvalue weighted by Crippen LogP contribution is -2.48. The number of hydrogen-bond acceptors (Lipinski definition) is 7. The third-order valence-corrected chi connectivity index (χ3v) is 7.76. The van der Waals surface area contributed by atoms with Crippen LogP contribution in [0.4, 0.5) is 5.69 Å². The Bertz CT molecular complexity index is 1320. The number of nitrogens with two attached hydrogens (primary N) is 1. The first kappa shape index (κ1) is 24.9. The molecule has 5 rings (SSSR count). The van der Waals surface area contributed by atoms with Crippen LogP contribution in [0, 0.1) is 0 Å². The number of nitrogens with one attached hydrogen (secondary N) is 1. The number of amides is 1. The molecular formula is C24H31ClN7O3S+. The largest absolute Gasteiger partial charge is 0.350 e. The minimum atomic E-state index is -3.58. The summed E-state index contributed by atoms with van der Waals surface area (Å²) in [4.78, 5) is 22.7. The van der Waals surface area contributed by atoms with Gasteiger partial charge in [-0.3, -0.25) is 9.52 Å². The number of hydrogen-bond donors (Lipinski definition) is 2. The van der Waals surface area contributed by atoms with Crippen LogP contribution in [0.5, 0.6) is 0 Å². The molecule has 36 heavy (non-hydrogen) atoms. The third-order valence-electron chi connectivity index (χ3n) is 6.93. The molecule has 0 aromatic heterocycles. The Morgan fingerprint density at radius 3 is 2.78 bits per heavy atom. The molecule has 0 aliphatic carbocycles. The van der Waals surface area contributed by atoms with Crippen molar-refractivity contribution in [2.24, 2.45) is 15.8 Å². The molecule has 192 valence electrons. The molecule has 1 amide bonds. The number of likely N-dealkylation sites (tertiary alicyclic amines) is 2. The average Bonchev–Trinajstić information content (AvgIpc) is 3.45. The first-order chi connectivity index (χ1) is 17.1. The van der Waals surface area contributed by atoms with Crippen molar-refractivity contribution in [1.29, 1.82) is 0 Å². The van der Waals surface area contributed by atoms with Gasteiger partial charge in [-0.2, -0.15) is 0 Å². The van der Waals surface area contributed by atoms with E-state index < -0.39 is 10.0 Å². The molecule has 0 radical (unpaired) electrons. The Morgan fingerprint density at radius 2 is 2.06 bits per heavy atom. The predicted octanol–water partition coefficient (Wildman–Crippen LogP) is 1.88. The van der Waals surface area contributed by atoms with Gasteiger partial charge in [-0.1, -0.05) is 16.3 Å². The smallest absolute Gasteiger partial charge is 0.299 e. The van der Waals surface area contributed by atoms with Crippen molar-refractivity contribution in [3.8, 4) is 0 Å². The SMILES string of the molecule is CC1=CC(N2CC[C@H](N)C2)=N[N+]2=CC([C@@H]3CCCCN3C(=O)c3cc(Cl)ccc3NS(C)(=O)=O)=NC12. The average molecular weight is 533 g/mol. The molecule has 2 fully saturated rings. The van der Waals surface area contributed by atoms with E-state index in [-0.39, 0.29) is 35.4 Å². The molecule has 1 unspecified atom stereocenters. The summed E-state index contributed by atoms with van der Waals surface area (Å²) in [7, 11) is -3.58. The highest BCUT2D eigenvalue weighted by Gasteiger charge is 2.41. The fraction of sp³-hybridized carbons (Fsp3) is 0.500. The second kappa shape index (κ2) is 9.60. The summed E-state index contributed by atoms with van der Waals surface area (Å²) in [5, 5.41) is 5.18. The van der Waals surface area contributed by atoms with Crippen LogP contribution in [0.3, 0.4) is 0 Å².